The normalized spacial score (nSPS) is 27.1. The summed E-state index contributed by atoms with van der Waals surface area (Å²) in [6, 6.07) is 7.45. The molecule has 4 rings (SSSR count). The number of halogens is 2. The molecule has 3 atom stereocenters. The van der Waals surface area contributed by atoms with E-state index in [-0.39, 0.29) is 34.5 Å². The van der Waals surface area contributed by atoms with E-state index in [0.717, 1.165) is 35.6 Å². The molecule has 2 aliphatic rings. The highest BCUT2D eigenvalue weighted by atomic mass is 35.5. The number of hydrogen-bond donors (Lipinski definition) is 2. The van der Waals surface area contributed by atoms with Gasteiger partial charge in [0.25, 0.3) is 10.2 Å². The largest absolute Gasteiger partial charge is 0.376 e. The third-order valence-corrected chi connectivity index (χ3v) is 9.16. The molecule has 0 amide bonds. The minimum atomic E-state index is -3.67. The molecule has 2 heterocycles. The van der Waals surface area contributed by atoms with Crippen LogP contribution in [0.1, 0.15) is 50.5 Å². The van der Waals surface area contributed by atoms with Crippen LogP contribution in [0.5, 0.6) is 0 Å². The first kappa shape index (κ1) is 27.1. The molecule has 2 aromatic rings. The predicted molar refractivity (Wildman–Crippen MR) is 139 cm³/mol. The highest BCUT2D eigenvalue weighted by molar-refractivity contribution is 7.87. The standard InChI is InChI=1S/C25H34ClFN4O4S/c1-16-11-22(29-36(33,34)30(2)3)23(31(16)25-13-24(32)21(26)14-28-25)15-35-20-9-7-17(8-10-20)18-5-4-6-19(27)12-18/h4-6,12-14,16-17,20,22-23,29H,7-11,15H2,1-3H3,(H,28,32)/t16?,17?,20?,22-,23-/m0/s1. The van der Waals surface area contributed by atoms with Gasteiger partial charge in [-0.1, -0.05) is 23.7 Å². The Morgan fingerprint density at radius 1 is 1.22 bits per heavy atom. The first-order valence-corrected chi connectivity index (χ1v) is 14.1. The van der Waals surface area contributed by atoms with Crippen LogP contribution in [0.15, 0.2) is 41.3 Å². The lowest BCUT2D eigenvalue weighted by Crippen LogP contribution is -2.51. The third kappa shape index (κ3) is 6.11. The van der Waals surface area contributed by atoms with Crippen molar-refractivity contribution in [3.63, 3.8) is 0 Å². The topological polar surface area (TPSA) is 94.7 Å². The average molecular weight is 541 g/mol. The molecule has 8 nitrogen and oxygen atoms in total. The third-order valence-electron chi connectivity index (χ3n) is 7.30. The van der Waals surface area contributed by atoms with Crippen molar-refractivity contribution in [3.05, 3.63) is 63.2 Å². The van der Waals surface area contributed by atoms with Gasteiger partial charge in [-0.05, 0) is 62.6 Å². The van der Waals surface area contributed by atoms with Crippen LogP contribution in [0.4, 0.5) is 10.2 Å². The van der Waals surface area contributed by atoms with E-state index >= 15 is 0 Å². The Labute approximate surface area is 217 Å². The Hall–Kier alpha value is -1.98. The Balaban J connectivity index is 1.47. The molecule has 1 aromatic carbocycles. The molecule has 1 unspecified atom stereocenters. The van der Waals surface area contributed by atoms with Gasteiger partial charge in [0.15, 0.2) is 0 Å². The van der Waals surface area contributed by atoms with Gasteiger partial charge in [-0.3, -0.25) is 4.79 Å². The minimum Gasteiger partial charge on any atom is -0.376 e. The van der Waals surface area contributed by atoms with Gasteiger partial charge in [-0.15, -0.1) is 0 Å². The molecule has 11 heteroatoms. The van der Waals surface area contributed by atoms with E-state index in [1.807, 2.05) is 17.9 Å². The Morgan fingerprint density at radius 3 is 2.58 bits per heavy atom. The minimum absolute atomic E-state index is 0.0305. The van der Waals surface area contributed by atoms with Gasteiger partial charge in [-0.25, -0.2) is 4.39 Å². The van der Waals surface area contributed by atoms with Gasteiger partial charge in [0.2, 0.25) is 5.43 Å². The van der Waals surface area contributed by atoms with E-state index < -0.39 is 16.3 Å². The van der Waals surface area contributed by atoms with E-state index in [1.165, 1.54) is 32.4 Å². The summed E-state index contributed by atoms with van der Waals surface area (Å²) in [5, 5.41) is 0.0957. The van der Waals surface area contributed by atoms with Crippen molar-refractivity contribution in [3.8, 4) is 0 Å². The molecule has 1 aromatic heterocycles. The van der Waals surface area contributed by atoms with Crippen LogP contribution < -0.4 is 15.1 Å². The fourth-order valence-corrected chi connectivity index (χ4v) is 6.30. The highest BCUT2D eigenvalue weighted by Crippen LogP contribution is 2.35. The van der Waals surface area contributed by atoms with Crippen LogP contribution in [0.2, 0.25) is 5.02 Å². The van der Waals surface area contributed by atoms with Crippen LogP contribution in [-0.4, -0.2) is 62.6 Å². The van der Waals surface area contributed by atoms with E-state index in [4.69, 9.17) is 16.3 Å². The van der Waals surface area contributed by atoms with Crippen molar-refractivity contribution >= 4 is 27.6 Å². The number of benzene rings is 1. The number of rotatable bonds is 8. The molecule has 2 N–H and O–H groups in total. The summed E-state index contributed by atoms with van der Waals surface area (Å²) in [6.45, 7) is 2.29. The molecular weight excluding hydrogens is 507 g/mol. The SMILES string of the molecule is CC1C[C@H](NS(=O)(=O)N(C)C)[C@H](COC2CCC(c3cccc(F)c3)CC2)N1c1cc(=O)c(Cl)c[nH]1. The van der Waals surface area contributed by atoms with E-state index in [9.17, 15) is 17.6 Å². The zero-order valence-corrected chi connectivity index (χ0v) is 22.4. The smallest absolute Gasteiger partial charge is 0.279 e. The lowest BCUT2D eigenvalue weighted by atomic mass is 9.82. The number of H-pyrrole nitrogens is 1. The second-order valence-corrected chi connectivity index (χ2v) is 12.3. The monoisotopic (exact) mass is 540 g/mol. The lowest BCUT2D eigenvalue weighted by Gasteiger charge is -2.35. The van der Waals surface area contributed by atoms with E-state index in [0.29, 0.717) is 24.8 Å². The van der Waals surface area contributed by atoms with Crippen LogP contribution in [0, 0.1) is 5.82 Å². The fraction of sp³-hybridized carbons (Fsp3) is 0.560. The summed E-state index contributed by atoms with van der Waals surface area (Å²) in [5.74, 6) is 0.669. The highest BCUT2D eigenvalue weighted by Gasteiger charge is 2.42. The second-order valence-electron chi connectivity index (χ2n) is 9.96. The summed E-state index contributed by atoms with van der Waals surface area (Å²) in [6.07, 6.45) is 5.53. The number of aromatic amines is 1. The zero-order chi connectivity index (χ0) is 26.0. The molecule has 0 radical (unpaired) electrons. The van der Waals surface area contributed by atoms with Crippen molar-refractivity contribution < 1.29 is 17.5 Å². The number of hydrogen-bond acceptors (Lipinski definition) is 5. The quantitative estimate of drug-likeness (QED) is 0.533. The molecule has 36 heavy (non-hydrogen) atoms. The molecule has 1 saturated carbocycles. The van der Waals surface area contributed by atoms with Crippen molar-refractivity contribution in [2.24, 2.45) is 0 Å². The molecule has 0 bridgehead atoms. The maximum absolute atomic E-state index is 13.6. The molecule has 198 valence electrons. The van der Waals surface area contributed by atoms with Gasteiger partial charge in [-0.2, -0.15) is 17.4 Å². The molecule has 0 spiro atoms. The van der Waals surface area contributed by atoms with Gasteiger partial charge in [0, 0.05) is 38.4 Å². The summed E-state index contributed by atoms with van der Waals surface area (Å²) in [5.41, 5.74) is 0.722. The number of pyridine rings is 1. The Kier molecular flexibility index (Phi) is 8.41. The van der Waals surface area contributed by atoms with Gasteiger partial charge in [0.05, 0.1) is 18.8 Å². The summed E-state index contributed by atoms with van der Waals surface area (Å²) < 4.78 is 49.2. The number of anilines is 1. The van der Waals surface area contributed by atoms with Crippen LogP contribution in [0.25, 0.3) is 0 Å². The number of nitrogens with zero attached hydrogens (tertiary/aromatic N) is 2. The molecule has 2 fully saturated rings. The predicted octanol–water partition coefficient (Wildman–Crippen LogP) is 3.64. The molecule has 1 aliphatic heterocycles. The Bertz CT molecular complexity index is 1220. The molecular formula is C25H34ClFN4O4S. The van der Waals surface area contributed by atoms with Gasteiger partial charge in [0.1, 0.15) is 16.7 Å². The van der Waals surface area contributed by atoms with Crippen molar-refractivity contribution in [2.45, 2.75) is 69.2 Å². The lowest BCUT2D eigenvalue weighted by molar-refractivity contribution is 0.0154. The average Bonchev–Trinajstić information content (AvgIpc) is 3.13. The number of ether oxygens (including phenoxy) is 1. The number of aromatic nitrogens is 1. The van der Waals surface area contributed by atoms with Gasteiger partial charge >= 0.3 is 0 Å². The zero-order valence-electron chi connectivity index (χ0n) is 20.8. The van der Waals surface area contributed by atoms with Crippen molar-refractivity contribution in [2.75, 3.05) is 25.6 Å². The number of nitrogens with one attached hydrogen (secondary N) is 2. The van der Waals surface area contributed by atoms with E-state index in [2.05, 4.69) is 9.71 Å². The van der Waals surface area contributed by atoms with E-state index in [1.54, 1.807) is 12.1 Å². The fourth-order valence-electron chi connectivity index (χ4n) is 5.35. The van der Waals surface area contributed by atoms with Crippen LogP contribution in [-0.2, 0) is 14.9 Å². The summed E-state index contributed by atoms with van der Waals surface area (Å²) in [4.78, 5) is 17.3. The summed E-state index contributed by atoms with van der Waals surface area (Å²) >= 11 is 5.93. The Morgan fingerprint density at radius 2 is 1.94 bits per heavy atom. The first-order valence-electron chi connectivity index (χ1n) is 12.3. The van der Waals surface area contributed by atoms with Crippen LogP contribution >= 0.6 is 11.6 Å². The second kappa shape index (κ2) is 11.2. The maximum Gasteiger partial charge on any atom is 0.279 e. The summed E-state index contributed by atoms with van der Waals surface area (Å²) in [7, 11) is -0.698. The molecule has 1 aliphatic carbocycles. The van der Waals surface area contributed by atoms with Crippen LogP contribution in [0.3, 0.4) is 0 Å². The maximum atomic E-state index is 13.6. The van der Waals surface area contributed by atoms with Crippen molar-refractivity contribution in [1.29, 1.82) is 0 Å². The molecule has 1 saturated heterocycles. The van der Waals surface area contributed by atoms with Crippen molar-refractivity contribution in [1.82, 2.24) is 14.0 Å². The van der Waals surface area contributed by atoms with Gasteiger partial charge < -0.3 is 14.6 Å². The first-order chi connectivity index (χ1) is 17.0.